The molecule has 0 amide bonds. The second-order valence-corrected chi connectivity index (χ2v) is 1.91. The zero-order valence-corrected chi connectivity index (χ0v) is 5.70. The van der Waals surface area contributed by atoms with Gasteiger partial charge in [-0.05, 0) is 0 Å². The van der Waals surface area contributed by atoms with Crippen molar-refractivity contribution in [3.05, 3.63) is 35.9 Å². The summed E-state index contributed by atoms with van der Waals surface area (Å²) in [7, 11) is 2.57. The minimum absolute atomic E-state index is 1.25. The van der Waals surface area contributed by atoms with Gasteiger partial charge in [-0.1, -0.05) is 30.3 Å². The Morgan fingerprint density at radius 3 is 2.12 bits per heavy atom. The van der Waals surface area contributed by atoms with Crippen LogP contribution < -0.4 is 0 Å². The van der Waals surface area contributed by atoms with E-state index in [2.05, 4.69) is 21.0 Å². The number of rotatable bonds is 1. The number of hydrogen-bond acceptors (Lipinski definition) is 0. The summed E-state index contributed by atoms with van der Waals surface area (Å²) in [5.74, 6) is 2.00. The lowest BCUT2D eigenvalue weighted by Gasteiger charge is -1.81. The Balaban J connectivity index is 2.99. The van der Waals surface area contributed by atoms with Crippen LogP contribution in [0.5, 0.6) is 0 Å². The topological polar surface area (TPSA) is 0 Å². The molecular formula is C7H8P+. The average molecular weight is 123 g/mol. The minimum Gasteiger partial charge on any atom is -0.0622 e. The summed E-state index contributed by atoms with van der Waals surface area (Å²) in [6.45, 7) is 0. The molecular weight excluding hydrogens is 115 g/mol. The molecule has 1 aromatic carbocycles. The molecule has 0 heterocycles. The second kappa shape index (κ2) is 2.64. The molecule has 0 aliphatic carbocycles. The molecule has 0 nitrogen and oxygen atoms in total. The van der Waals surface area contributed by atoms with E-state index >= 15 is 0 Å². The molecule has 0 radical (unpaired) electrons. The van der Waals surface area contributed by atoms with Gasteiger partial charge in [0.25, 0.3) is 0 Å². The number of hydrogen-bond donors (Lipinski definition) is 0. The van der Waals surface area contributed by atoms with Crippen LogP contribution in [-0.4, -0.2) is 5.80 Å². The predicted molar refractivity (Wildman–Crippen MR) is 41.3 cm³/mol. The highest BCUT2D eigenvalue weighted by atomic mass is 31.0. The fourth-order valence-electron chi connectivity index (χ4n) is 0.564. The van der Waals surface area contributed by atoms with Gasteiger partial charge in [0.15, 0.2) is 0 Å². The minimum atomic E-state index is 1.25. The standard InChI is InChI=1S/C7H7P/c8-6-7-4-2-1-3-5-7/h1-6,8H/p+1. The Labute approximate surface area is 51.4 Å². The van der Waals surface area contributed by atoms with Crippen molar-refractivity contribution >= 4 is 14.7 Å². The molecule has 1 heteroatoms. The van der Waals surface area contributed by atoms with Gasteiger partial charge in [0.05, 0.1) is 8.86 Å². The third kappa shape index (κ3) is 1.18. The summed E-state index contributed by atoms with van der Waals surface area (Å²) in [4.78, 5) is 0. The molecule has 0 saturated carbocycles. The highest BCUT2D eigenvalue weighted by molar-refractivity contribution is 7.19. The normalized spacial score (nSPS) is 8.50. The third-order valence-corrected chi connectivity index (χ3v) is 1.38. The van der Waals surface area contributed by atoms with Gasteiger partial charge in [-0.25, -0.2) is 0 Å². The lowest BCUT2D eigenvalue weighted by Crippen LogP contribution is -1.71. The Kier molecular flexibility index (Phi) is 1.82. The van der Waals surface area contributed by atoms with Crippen LogP contribution in [0.15, 0.2) is 30.3 Å². The third-order valence-electron chi connectivity index (χ3n) is 0.992. The maximum Gasteiger partial charge on any atom is 0.110 e. The van der Waals surface area contributed by atoms with Crippen LogP contribution in [0.2, 0.25) is 0 Å². The van der Waals surface area contributed by atoms with Crippen molar-refractivity contribution in [2.45, 2.75) is 0 Å². The van der Waals surface area contributed by atoms with E-state index in [9.17, 15) is 0 Å². The van der Waals surface area contributed by atoms with Crippen molar-refractivity contribution in [2.24, 2.45) is 0 Å². The monoisotopic (exact) mass is 123 g/mol. The average Bonchev–Trinajstić information content (AvgIpc) is 1.90. The zero-order chi connectivity index (χ0) is 5.82. The van der Waals surface area contributed by atoms with Crippen LogP contribution >= 0.6 is 8.86 Å². The molecule has 1 rings (SSSR count). The van der Waals surface area contributed by atoms with Gasteiger partial charge in [0, 0.05) is 5.56 Å². The zero-order valence-electron chi connectivity index (χ0n) is 4.54. The van der Waals surface area contributed by atoms with Crippen molar-refractivity contribution < 1.29 is 0 Å². The number of benzene rings is 1. The highest BCUT2D eigenvalue weighted by Gasteiger charge is 1.80. The molecule has 0 saturated heterocycles. The van der Waals surface area contributed by atoms with Crippen molar-refractivity contribution in [1.29, 1.82) is 0 Å². The Morgan fingerprint density at radius 2 is 1.75 bits per heavy atom. The van der Waals surface area contributed by atoms with Gasteiger partial charge >= 0.3 is 0 Å². The first-order valence-corrected chi connectivity index (χ1v) is 3.20. The molecule has 1 aromatic rings. The lowest BCUT2D eigenvalue weighted by molar-refractivity contribution is 1.69. The van der Waals surface area contributed by atoms with Crippen LogP contribution in [0.25, 0.3) is 0 Å². The van der Waals surface area contributed by atoms with Gasteiger partial charge in [0.1, 0.15) is 5.80 Å². The van der Waals surface area contributed by atoms with E-state index in [-0.39, 0.29) is 0 Å². The van der Waals surface area contributed by atoms with Gasteiger partial charge in [-0.15, -0.1) is 0 Å². The van der Waals surface area contributed by atoms with E-state index in [0.29, 0.717) is 0 Å². The van der Waals surface area contributed by atoms with E-state index in [1.807, 2.05) is 24.0 Å². The summed E-state index contributed by atoms with van der Waals surface area (Å²) in [6, 6.07) is 10.2. The molecule has 0 aliphatic rings. The van der Waals surface area contributed by atoms with E-state index in [1.165, 1.54) is 5.56 Å². The predicted octanol–water partition coefficient (Wildman–Crippen LogP) is 1.71. The van der Waals surface area contributed by atoms with Gasteiger partial charge < -0.3 is 0 Å². The molecule has 0 bridgehead atoms. The van der Waals surface area contributed by atoms with Crippen molar-refractivity contribution in [2.75, 3.05) is 0 Å². The Bertz CT molecular complexity index is 167. The highest BCUT2D eigenvalue weighted by Crippen LogP contribution is 1.93. The van der Waals surface area contributed by atoms with Gasteiger partial charge in [0.2, 0.25) is 0 Å². The largest absolute Gasteiger partial charge is 0.110 e. The van der Waals surface area contributed by atoms with Crippen LogP contribution in [0.4, 0.5) is 0 Å². The van der Waals surface area contributed by atoms with E-state index in [4.69, 9.17) is 0 Å². The van der Waals surface area contributed by atoms with Crippen LogP contribution in [0.3, 0.4) is 0 Å². The summed E-state index contributed by atoms with van der Waals surface area (Å²) in [5, 5.41) is 0. The van der Waals surface area contributed by atoms with Crippen LogP contribution in [-0.2, 0) is 0 Å². The maximum absolute atomic E-state index is 2.57. The summed E-state index contributed by atoms with van der Waals surface area (Å²) >= 11 is 0. The fourth-order valence-corrected chi connectivity index (χ4v) is 0.786. The molecule has 0 spiro atoms. The summed E-state index contributed by atoms with van der Waals surface area (Å²) < 4.78 is 0. The molecule has 0 N–H and O–H groups in total. The molecule has 40 valence electrons. The lowest BCUT2D eigenvalue weighted by atomic mass is 10.2. The molecule has 8 heavy (non-hydrogen) atoms. The van der Waals surface area contributed by atoms with Gasteiger partial charge in [-0.3, -0.25) is 0 Å². The molecule has 1 unspecified atom stereocenters. The van der Waals surface area contributed by atoms with Crippen molar-refractivity contribution in [3.63, 3.8) is 0 Å². The molecule has 0 aliphatic heterocycles. The first kappa shape index (κ1) is 5.53. The summed E-state index contributed by atoms with van der Waals surface area (Å²) in [6.07, 6.45) is 0. The first-order valence-electron chi connectivity index (χ1n) is 2.53. The van der Waals surface area contributed by atoms with Crippen molar-refractivity contribution in [1.82, 2.24) is 0 Å². The van der Waals surface area contributed by atoms with Crippen molar-refractivity contribution in [3.8, 4) is 0 Å². The van der Waals surface area contributed by atoms with E-state index in [1.54, 1.807) is 0 Å². The van der Waals surface area contributed by atoms with E-state index < -0.39 is 0 Å². The molecule has 1 atom stereocenters. The Morgan fingerprint density at radius 1 is 1.12 bits per heavy atom. The fraction of sp³-hybridized carbons (Fsp3) is 0. The summed E-state index contributed by atoms with van der Waals surface area (Å²) in [5.41, 5.74) is 1.25. The van der Waals surface area contributed by atoms with Crippen LogP contribution in [0, 0.1) is 0 Å². The maximum atomic E-state index is 2.57. The van der Waals surface area contributed by atoms with Gasteiger partial charge in [-0.2, -0.15) is 0 Å². The SMILES string of the molecule is [PH2+]=Cc1ccccc1. The van der Waals surface area contributed by atoms with E-state index in [0.717, 1.165) is 0 Å². The van der Waals surface area contributed by atoms with Crippen LogP contribution in [0.1, 0.15) is 5.56 Å². The smallest absolute Gasteiger partial charge is 0.0622 e. The quantitative estimate of drug-likeness (QED) is 0.499. The Hall–Kier alpha value is -0.610. The first-order chi connectivity index (χ1) is 3.93. The molecule has 0 fully saturated rings. The molecule has 0 aromatic heterocycles. The second-order valence-electron chi connectivity index (χ2n) is 1.58.